The van der Waals surface area contributed by atoms with Crippen molar-refractivity contribution >= 4 is 28.9 Å². The maximum atomic E-state index is 11.2. The summed E-state index contributed by atoms with van der Waals surface area (Å²) in [6.45, 7) is 7.75. The molecule has 2 aromatic carbocycles. The van der Waals surface area contributed by atoms with Crippen LogP contribution in [0.5, 0.6) is 0 Å². The molecule has 0 spiro atoms. The number of benzene rings is 2. The molecule has 144 valence electrons. The lowest BCUT2D eigenvalue weighted by atomic mass is 10.1. The van der Waals surface area contributed by atoms with E-state index in [1.807, 2.05) is 60.7 Å². The van der Waals surface area contributed by atoms with E-state index in [1.54, 1.807) is 0 Å². The van der Waals surface area contributed by atoms with Gasteiger partial charge < -0.3 is 16.0 Å². The number of aromatic nitrogens is 2. The summed E-state index contributed by atoms with van der Waals surface area (Å²) in [6, 6.07) is 19.3. The molecule has 3 N–H and O–H groups in total. The first-order chi connectivity index (χ1) is 13.3. The fraction of sp³-hybridized carbons (Fsp3) is 0.227. The van der Waals surface area contributed by atoms with E-state index in [0.717, 1.165) is 22.8 Å². The molecular formula is C22H25N5O. The van der Waals surface area contributed by atoms with Crippen molar-refractivity contribution in [2.24, 2.45) is 0 Å². The Hall–Kier alpha value is -3.41. The molecule has 3 rings (SSSR count). The van der Waals surface area contributed by atoms with Gasteiger partial charge in [0.05, 0.1) is 0 Å². The second-order valence-corrected chi connectivity index (χ2v) is 7.59. The first-order valence-electron chi connectivity index (χ1n) is 9.16. The van der Waals surface area contributed by atoms with Crippen LogP contribution in [0.1, 0.15) is 27.7 Å². The Kier molecular flexibility index (Phi) is 5.59. The van der Waals surface area contributed by atoms with Gasteiger partial charge in [0.25, 0.3) is 0 Å². The Bertz CT molecular complexity index is 947. The summed E-state index contributed by atoms with van der Waals surface area (Å²) in [5.41, 5.74) is 2.44. The lowest BCUT2D eigenvalue weighted by Gasteiger charge is -2.22. The van der Waals surface area contributed by atoms with Gasteiger partial charge in [0.2, 0.25) is 5.91 Å². The second kappa shape index (κ2) is 8.08. The zero-order valence-electron chi connectivity index (χ0n) is 16.6. The third-order valence-corrected chi connectivity index (χ3v) is 3.74. The summed E-state index contributed by atoms with van der Waals surface area (Å²) in [7, 11) is 0. The minimum atomic E-state index is -0.125. The van der Waals surface area contributed by atoms with Gasteiger partial charge in [-0.2, -0.15) is 0 Å². The number of nitrogens with zero attached hydrogens (tertiary/aromatic N) is 2. The fourth-order valence-electron chi connectivity index (χ4n) is 2.66. The molecule has 0 unspecified atom stereocenters. The average molecular weight is 375 g/mol. The SMILES string of the molecule is CC(=O)Nc1ccc(Nc2cc(NC(C)(C)C)nc(-c3ccccc3)n2)cc1. The summed E-state index contributed by atoms with van der Waals surface area (Å²) in [5, 5.41) is 9.49. The van der Waals surface area contributed by atoms with E-state index in [2.05, 4.69) is 46.7 Å². The van der Waals surface area contributed by atoms with Crippen LogP contribution >= 0.6 is 0 Å². The molecule has 28 heavy (non-hydrogen) atoms. The van der Waals surface area contributed by atoms with Crippen LogP contribution in [-0.4, -0.2) is 21.4 Å². The van der Waals surface area contributed by atoms with Gasteiger partial charge in [-0.05, 0) is 45.0 Å². The maximum Gasteiger partial charge on any atom is 0.221 e. The van der Waals surface area contributed by atoms with E-state index in [1.165, 1.54) is 6.92 Å². The molecule has 0 saturated heterocycles. The molecule has 3 aromatic rings. The second-order valence-electron chi connectivity index (χ2n) is 7.59. The average Bonchev–Trinajstić information content (AvgIpc) is 2.62. The maximum absolute atomic E-state index is 11.2. The summed E-state index contributed by atoms with van der Waals surface area (Å²) >= 11 is 0. The van der Waals surface area contributed by atoms with Gasteiger partial charge >= 0.3 is 0 Å². The molecule has 0 atom stereocenters. The predicted octanol–water partition coefficient (Wildman–Crippen LogP) is 5.06. The fourth-order valence-corrected chi connectivity index (χ4v) is 2.66. The van der Waals surface area contributed by atoms with E-state index in [-0.39, 0.29) is 11.4 Å². The molecule has 0 aliphatic heterocycles. The van der Waals surface area contributed by atoms with Crippen LogP contribution in [0.15, 0.2) is 60.7 Å². The van der Waals surface area contributed by atoms with E-state index < -0.39 is 0 Å². The van der Waals surface area contributed by atoms with Crippen molar-refractivity contribution in [3.63, 3.8) is 0 Å². The minimum Gasteiger partial charge on any atom is -0.365 e. The van der Waals surface area contributed by atoms with Gasteiger partial charge in [0.1, 0.15) is 11.6 Å². The van der Waals surface area contributed by atoms with Crippen LogP contribution in [0.3, 0.4) is 0 Å². The Balaban J connectivity index is 1.90. The van der Waals surface area contributed by atoms with Crippen LogP contribution in [0.25, 0.3) is 11.4 Å². The quantitative estimate of drug-likeness (QED) is 0.581. The molecule has 0 radical (unpaired) electrons. The number of carbonyl (C=O) groups excluding carboxylic acids is 1. The predicted molar refractivity (Wildman–Crippen MR) is 115 cm³/mol. The Morgan fingerprint density at radius 1 is 0.857 bits per heavy atom. The summed E-state index contributed by atoms with van der Waals surface area (Å²) in [6.07, 6.45) is 0. The molecule has 0 saturated carbocycles. The standard InChI is InChI=1S/C22H25N5O/c1-15(28)23-17-10-12-18(13-11-17)24-19-14-20(27-22(2,3)4)26-21(25-19)16-8-6-5-7-9-16/h5-14H,1-4H3,(H,23,28)(H2,24,25,26,27). The van der Waals surface area contributed by atoms with E-state index in [4.69, 9.17) is 0 Å². The van der Waals surface area contributed by atoms with Crippen molar-refractivity contribution in [3.05, 3.63) is 60.7 Å². The molecule has 6 heteroatoms. The normalized spacial score (nSPS) is 11.0. The van der Waals surface area contributed by atoms with Gasteiger partial charge in [0, 0.05) is 35.5 Å². The van der Waals surface area contributed by atoms with Crippen molar-refractivity contribution < 1.29 is 4.79 Å². The van der Waals surface area contributed by atoms with Crippen molar-refractivity contribution in [1.29, 1.82) is 0 Å². The number of nitrogens with one attached hydrogen (secondary N) is 3. The molecule has 0 aliphatic carbocycles. The van der Waals surface area contributed by atoms with Crippen LogP contribution in [-0.2, 0) is 4.79 Å². The molecule has 0 bridgehead atoms. The van der Waals surface area contributed by atoms with Gasteiger partial charge in [-0.1, -0.05) is 30.3 Å². The van der Waals surface area contributed by atoms with E-state index in [9.17, 15) is 4.79 Å². The minimum absolute atomic E-state index is 0.0955. The first-order valence-corrected chi connectivity index (χ1v) is 9.16. The highest BCUT2D eigenvalue weighted by Gasteiger charge is 2.13. The summed E-state index contributed by atoms with van der Waals surface area (Å²) < 4.78 is 0. The monoisotopic (exact) mass is 375 g/mol. The highest BCUT2D eigenvalue weighted by atomic mass is 16.1. The van der Waals surface area contributed by atoms with Gasteiger partial charge in [-0.3, -0.25) is 4.79 Å². The van der Waals surface area contributed by atoms with Gasteiger partial charge in [0.15, 0.2) is 5.82 Å². The Labute approximate surface area is 165 Å². The molecule has 1 heterocycles. The van der Waals surface area contributed by atoms with Crippen molar-refractivity contribution in [3.8, 4) is 11.4 Å². The number of rotatable bonds is 5. The van der Waals surface area contributed by atoms with Gasteiger partial charge in [-0.15, -0.1) is 0 Å². The van der Waals surface area contributed by atoms with Crippen LogP contribution in [0.4, 0.5) is 23.0 Å². The Morgan fingerprint density at radius 3 is 2.07 bits per heavy atom. The zero-order valence-corrected chi connectivity index (χ0v) is 16.6. The van der Waals surface area contributed by atoms with Crippen molar-refractivity contribution in [2.45, 2.75) is 33.2 Å². The molecule has 1 aromatic heterocycles. The highest BCUT2D eigenvalue weighted by Crippen LogP contribution is 2.25. The molecule has 0 aliphatic rings. The van der Waals surface area contributed by atoms with Crippen LogP contribution in [0, 0.1) is 0 Å². The van der Waals surface area contributed by atoms with Crippen molar-refractivity contribution in [1.82, 2.24) is 9.97 Å². The van der Waals surface area contributed by atoms with E-state index in [0.29, 0.717) is 11.6 Å². The number of hydrogen-bond donors (Lipinski definition) is 3. The summed E-state index contributed by atoms with van der Waals surface area (Å²) in [4.78, 5) is 20.5. The lowest BCUT2D eigenvalue weighted by Crippen LogP contribution is -2.26. The third kappa shape index (κ3) is 5.54. The first kappa shape index (κ1) is 19.4. The number of hydrogen-bond acceptors (Lipinski definition) is 5. The van der Waals surface area contributed by atoms with Gasteiger partial charge in [-0.25, -0.2) is 9.97 Å². The zero-order chi connectivity index (χ0) is 20.1. The van der Waals surface area contributed by atoms with Crippen LogP contribution in [0.2, 0.25) is 0 Å². The summed E-state index contributed by atoms with van der Waals surface area (Å²) in [5.74, 6) is 1.99. The number of amides is 1. The third-order valence-electron chi connectivity index (χ3n) is 3.74. The Morgan fingerprint density at radius 2 is 1.46 bits per heavy atom. The number of anilines is 4. The largest absolute Gasteiger partial charge is 0.365 e. The lowest BCUT2D eigenvalue weighted by molar-refractivity contribution is -0.114. The van der Waals surface area contributed by atoms with Crippen molar-refractivity contribution in [2.75, 3.05) is 16.0 Å². The molecule has 0 fully saturated rings. The smallest absolute Gasteiger partial charge is 0.221 e. The molecular weight excluding hydrogens is 350 g/mol. The molecule has 6 nitrogen and oxygen atoms in total. The van der Waals surface area contributed by atoms with E-state index >= 15 is 0 Å². The number of carbonyl (C=O) groups is 1. The topological polar surface area (TPSA) is 78.9 Å². The van der Waals surface area contributed by atoms with Crippen LogP contribution < -0.4 is 16.0 Å². The highest BCUT2D eigenvalue weighted by molar-refractivity contribution is 5.88. The molecule has 1 amide bonds.